The number of rotatable bonds is 6. The molecule has 38 heavy (non-hydrogen) atoms. The number of benzene rings is 3. The van der Waals surface area contributed by atoms with Crippen molar-refractivity contribution >= 4 is 23.0 Å². The topological polar surface area (TPSA) is 42.3 Å². The first-order valence-corrected chi connectivity index (χ1v) is 12.8. The molecule has 3 heterocycles. The molecule has 1 N–H and O–H groups in total. The van der Waals surface area contributed by atoms with E-state index in [4.69, 9.17) is 17.0 Å². The van der Waals surface area contributed by atoms with Crippen LogP contribution in [0.5, 0.6) is 11.5 Å². The van der Waals surface area contributed by atoms with Gasteiger partial charge in [-0.2, -0.15) is 0 Å². The lowest BCUT2D eigenvalue weighted by atomic mass is 10.0. The number of aryl methyl sites for hydroxylation is 1. The number of halogens is 1. The number of anilines is 1. The van der Waals surface area contributed by atoms with Gasteiger partial charge in [-0.3, -0.25) is 4.98 Å². The Kier molecular flexibility index (Phi) is 6.35. The number of hydrogen-bond acceptors (Lipinski definition) is 3. The second-order valence-electron chi connectivity index (χ2n) is 9.11. The van der Waals surface area contributed by atoms with Crippen LogP contribution in [0, 0.1) is 12.7 Å². The zero-order valence-corrected chi connectivity index (χ0v) is 21.5. The molecular formula is C31H25FN4OS. The summed E-state index contributed by atoms with van der Waals surface area (Å²) in [6.07, 6.45) is 3.65. The highest BCUT2D eigenvalue weighted by atomic mass is 32.1. The molecule has 2 aromatic heterocycles. The fourth-order valence-electron chi connectivity index (χ4n) is 4.91. The minimum Gasteiger partial charge on any atom is -0.457 e. The Labute approximate surface area is 226 Å². The van der Waals surface area contributed by atoms with E-state index in [9.17, 15) is 4.39 Å². The van der Waals surface area contributed by atoms with Crippen LogP contribution < -0.4 is 15.0 Å². The molecule has 1 saturated heterocycles. The monoisotopic (exact) mass is 520 g/mol. The smallest absolute Gasteiger partial charge is 0.174 e. The first kappa shape index (κ1) is 23.9. The van der Waals surface area contributed by atoms with Gasteiger partial charge in [0.2, 0.25) is 0 Å². The molecule has 0 radical (unpaired) electrons. The Hall–Kier alpha value is -4.49. The summed E-state index contributed by atoms with van der Waals surface area (Å²) in [7, 11) is 0. The lowest BCUT2D eigenvalue weighted by molar-refractivity contribution is 0.479. The van der Waals surface area contributed by atoms with E-state index in [1.165, 1.54) is 6.07 Å². The van der Waals surface area contributed by atoms with Gasteiger partial charge in [-0.25, -0.2) is 4.39 Å². The van der Waals surface area contributed by atoms with Crippen molar-refractivity contribution in [3.63, 3.8) is 0 Å². The van der Waals surface area contributed by atoms with Gasteiger partial charge in [0, 0.05) is 23.8 Å². The average Bonchev–Trinajstić information content (AvgIpc) is 3.55. The van der Waals surface area contributed by atoms with Crippen LogP contribution in [0.15, 0.2) is 116 Å². The predicted octanol–water partition coefficient (Wildman–Crippen LogP) is 7.29. The van der Waals surface area contributed by atoms with Gasteiger partial charge >= 0.3 is 0 Å². The summed E-state index contributed by atoms with van der Waals surface area (Å²) in [5, 5.41) is 4.04. The van der Waals surface area contributed by atoms with Crippen LogP contribution in [0.2, 0.25) is 0 Å². The van der Waals surface area contributed by atoms with Crippen molar-refractivity contribution in [2.45, 2.75) is 19.0 Å². The largest absolute Gasteiger partial charge is 0.457 e. The molecule has 5 nitrogen and oxygen atoms in total. The average molecular weight is 521 g/mol. The van der Waals surface area contributed by atoms with Crippen LogP contribution in [0.4, 0.5) is 10.1 Å². The van der Waals surface area contributed by atoms with E-state index in [1.807, 2.05) is 103 Å². The van der Waals surface area contributed by atoms with Crippen LogP contribution in [-0.4, -0.2) is 14.7 Å². The lowest BCUT2D eigenvalue weighted by Gasteiger charge is -2.29. The molecule has 0 spiro atoms. The van der Waals surface area contributed by atoms with Crippen LogP contribution in [0.3, 0.4) is 0 Å². The van der Waals surface area contributed by atoms with E-state index in [0.29, 0.717) is 10.8 Å². The normalized spacial score (nSPS) is 16.9. The third-order valence-corrected chi connectivity index (χ3v) is 7.04. The molecule has 1 aliphatic rings. The third-order valence-electron chi connectivity index (χ3n) is 6.73. The standard InChI is InChI=1S/C31H25FN4OS/c1-21-9-2-5-14-28(21)37-23-17-15-22(16-18-23)36-30(29(34-31(36)38)25-11-6-7-19-33-25)27-13-8-20-35(27)26-12-4-3-10-24(26)32/h2-20,29-30H,1H3,(H,34,38)/t29-,30-/m0/s1. The SMILES string of the molecule is Cc1ccccc1Oc1ccc(N2C(=S)N[C@@H](c3ccccn3)[C@@H]2c2cccn2-c2ccccc2F)cc1. The molecule has 0 aliphatic carbocycles. The first-order valence-electron chi connectivity index (χ1n) is 12.4. The third kappa shape index (κ3) is 4.41. The summed E-state index contributed by atoms with van der Waals surface area (Å²) in [5.74, 6) is 1.25. The quantitative estimate of drug-likeness (QED) is 0.238. The van der Waals surface area contributed by atoms with E-state index < -0.39 is 0 Å². The van der Waals surface area contributed by atoms with Gasteiger partial charge in [-0.1, -0.05) is 36.4 Å². The molecule has 6 rings (SSSR count). The Balaban J connectivity index is 1.41. The number of nitrogens with zero attached hydrogens (tertiary/aromatic N) is 3. The van der Waals surface area contributed by atoms with Gasteiger partial charge in [-0.05, 0) is 91.4 Å². The molecule has 0 unspecified atom stereocenters. The summed E-state index contributed by atoms with van der Waals surface area (Å²) in [5.41, 5.74) is 4.17. The summed E-state index contributed by atoms with van der Waals surface area (Å²) < 4.78 is 22.9. The lowest BCUT2D eigenvalue weighted by Crippen LogP contribution is -2.30. The molecular weight excluding hydrogens is 495 g/mol. The Morgan fingerprint density at radius 3 is 2.39 bits per heavy atom. The van der Waals surface area contributed by atoms with Crippen LogP contribution in [0.25, 0.3) is 5.69 Å². The van der Waals surface area contributed by atoms with E-state index in [-0.39, 0.29) is 17.9 Å². The Bertz CT molecular complexity index is 1590. The Morgan fingerprint density at radius 1 is 0.868 bits per heavy atom. The molecule has 7 heteroatoms. The van der Waals surface area contributed by atoms with Crippen molar-refractivity contribution in [3.8, 4) is 17.2 Å². The molecule has 0 amide bonds. The Morgan fingerprint density at radius 2 is 1.63 bits per heavy atom. The fraction of sp³-hybridized carbons (Fsp3) is 0.0968. The van der Waals surface area contributed by atoms with Gasteiger partial charge in [0.15, 0.2) is 5.11 Å². The molecule has 0 bridgehead atoms. The highest BCUT2D eigenvalue weighted by Crippen LogP contribution is 2.43. The zero-order chi connectivity index (χ0) is 26.1. The van der Waals surface area contributed by atoms with Crippen molar-refractivity contribution in [2.24, 2.45) is 0 Å². The molecule has 0 saturated carbocycles. The van der Waals surface area contributed by atoms with Gasteiger partial charge < -0.3 is 19.5 Å². The highest BCUT2D eigenvalue weighted by Gasteiger charge is 2.42. The highest BCUT2D eigenvalue weighted by molar-refractivity contribution is 7.80. The minimum absolute atomic E-state index is 0.244. The van der Waals surface area contributed by atoms with E-state index in [1.54, 1.807) is 18.3 Å². The number of hydrogen-bond donors (Lipinski definition) is 1. The molecule has 188 valence electrons. The molecule has 3 aromatic carbocycles. The second kappa shape index (κ2) is 10.1. The summed E-state index contributed by atoms with van der Waals surface area (Å²) >= 11 is 5.86. The predicted molar refractivity (Wildman–Crippen MR) is 151 cm³/mol. The van der Waals surface area contributed by atoms with Crippen LogP contribution in [0.1, 0.15) is 29.0 Å². The fourth-order valence-corrected chi connectivity index (χ4v) is 5.25. The summed E-state index contributed by atoms with van der Waals surface area (Å²) in [6, 6.07) is 31.8. The van der Waals surface area contributed by atoms with Crippen molar-refractivity contribution in [3.05, 3.63) is 138 Å². The van der Waals surface area contributed by atoms with Crippen molar-refractivity contribution in [2.75, 3.05) is 4.90 Å². The van der Waals surface area contributed by atoms with Gasteiger partial charge in [0.1, 0.15) is 23.4 Å². The van der Waals surface area contributed by atoms with Crippen molar-refractivity contribution < 1.29 is 9.13 Å². The van der Waals surface area contributed by atoms with Crippen LogP contribution >= 0.6 is 12.2 Å². The van der Waals surface area contributed by atoms with E-state index >= 15 is 0 Å². The number of aromatic nitrogens is 2. The minimum atomic E-state index is -0.294. The van der Waals surface area contributed by atoms with Crippen LogP contribution in [-0.2, 0) is 0 Å². The van der Waals surface area contributed by atoms with E-state index in [2.05, 4.69) is 15.2 Å². The van der Waals surface area contributed by atoms with Crippen molar-refractivity contribution in [1.29, 1.82) is 0 Å². The molecule has 1 fully saturated rings. The number of pyridine rings is 1. The summed E-state index contributed by atoms with van der Waals surface area (Å²) in [6.45, 7) is 2.02. The number of ether oxygens (including phenoxy) is 1. The van der Waals surface area contributed by atoms with Gasteiger partial charge in [0.05, 0.1) is 17.4 Å². The number of thiocarbonyl (C=S) groups is 1. The van der Waals surface area contributed by atoms with Gasteiger partial charge in [-0.15, -0.1) is 0 Å². The molecule has 1 aliphatic heterocycles. The second-order valence-corrected chi connectivity index (χ2v) is 9.50. The molecule has 2 atom stereocenters. The maximum absolute atomic E-state index is 14.9. The zero-order valence-electron chi connectivity index (χ0n) is 20.7. The maximum Gasteiger partial charge on any atom is 0.174 e. The maximum atomic E-state index is 14.9. The number of nitrogens with one attached hydrogen (secondary N) is 1. The van der Waals surface area contributed by atoms with E-state index in [0.717, 1.165) is 34.1 Å². The number of para-hydroxylation sites is 2. The first-order chi connectivity index (χ1) is 18.6. The summed E-state index contributed by atoms with van der Waals surface area (Å²) in [4.78, 5) is 6.69. The van der Waals surface area contributed by atoms with Crippen molar-refractivity contribution in [1.82, 2.24) is 14.9 Å². The van der Waals surface area contributed by atoms with Gasteiger partial charge in [0.25, 0.3) is 0 Å². The molecule has 5 aromatic rings.